The molecule has 35 heavy (non-hydrogen) atoms. The lowest BCUT2D eigenvalue weighted by Gasteiger charge is -2.27. The number of methoxy groups -OCH3 is 2. The third-order valence-corrected chi connectivity index (χ3v) is 5.10. The first-order valence-corrected chi connectivity index (χ1v) is 9.93. The Hall–Kier alpha value is -4.00. The number of amides is 1. The molecule has 0 aliphatic carbocycles. The van der Waals surface area contributed by atoms with Crippen LogP contribution < -0.4 is 5.32 Å². The van der Waals surface area contributed by atoms with Crippen molar-refractivity contribution in [3.05, 3.63) is 75.3 Å². The van der Waals surface area contributed by atoms with Gasteiger partial charge in [-0.15, -0.1) is 0 Å². The van der Waals surface area contributed by atoms with Crippen LogP contribution in [0.25, 0.3) is 0 Å². The van der Waals surface area contributed by atoms with Crippen LogP contribution in [0.5, 0.6) is 0 Å². The van der Waals surface area contributed by atoms with Gasteiger partial charge in [0.2, 0.25) is 0 Å². The van der Waals surface area contributed by atoms with Gasteiger partial charge in [-0.3, -0.25) is 19.7 Å². The summed E-state index contributed by atoms with van der Waals surface area (Å²) < 4.78 is 47.6. The first-order valence-electron chi connectivity index (χ1n) is 9.93. The van der Waals surface area contributed by atoms with E-state index in [4.69, 9.17) is 4.74 Å². The van der Waals surface area contributed by atoms with Gasteiger partial charge in [-0.05, 0) is 23.3 Å². The Bertz CT molecular complexity index is 1070. The van der Waals surface area contributed by atoms with E-state index in [0.717, 1.165) is 38.5 Å². The number of halogens is 3. The molecule has 0 bridgehead atoms. The van der Waals surface area contributed by atoms with Crippen LogP contribution in [0.1, 0.15) is 35.1 Å². The molecule has 0 saturated heterocycles. The third kappa shape index (κ3) is 6.99. The molecular formula is C22H21F3N2O8. The number of aliphatic hydroxyl groups excluding tert-OH is 1. The second kappa shape index (κ2) is 11.4. The van der Waals surface area contributed by atoms with Crippen molar-refractivity contribution in [1.82, 2.24) is 5.32 Å². The first-order chi connectivity index (χ1) is 16.4. The second-order valence-electron chi connectivity index (χ2n) is 7.27. The number of nitrogens with one attached hydrogen (secondary N) is 1. The smallest absolute Gasteiger partial charge is 0.416 e. The van der Waals surface area contributed by atoms with Crippen molar-refractivity contribution in [1.29, 1.82) is 0 Å². The topological polar surface area (TPSA) is 145 Å². The summed E-state index contributed by atoms with van der Waals surface area (Å²) in [6, 6.07) is 6.43. The third-order valence-electron chi connectivity index (χ3n) is 5.10. The van der Waals surface area contributed by atoms with Crippen LogP contribution in [0, 0.1) is 10.1 Å². The maximum atomic E-state index is 12.8. The average Bonchev–Trinajstić information content (AvgIpc) is 2.84. The zero-order valence-electron chi connectivity index (χ0n) is 18.4. The molecule has 0 spiro atoms. The fraction of sp³-hybridized carbons (Fsp3) is 0.318. The van der Waals surface area contributed by atoms with Gasteiger partial charge < -0.3 is 19.9 Å². The summed E-state index contributed by atoms with van der Waals surface area (Å²) in [6.07, 6.45) is -7.03. The number of esters is 2. The minimum Gasteiger partial charge on any atom is -0.469 e. The Kier molecular flexibility index (Phi) is 8.89. The maximum absolute atomic E-state index is 12.8. The molecule has 0 fully saturated rings. The Balaban J connectivity index is 2.36. The number of carbonyl (C=O) groups is 3. The van der Waals surface area contributed by atoms with Gasteiger partial charge in [-0.1, -0.05) is 24.3 Å². The molecule has 10 nitrogen and oxygen atoms in total. The highest BCUT2D eigenvalue weighted by molar-refractivity contribution is 5.88. The summed E-state index contributed by atoms with van der Waals surface area (Å²) in [5, 5.41) is 23.5. The molecule has 1 amide bonds. The van der Waals surface area contributed by atoms with Crippen molar-refractivity contribution in [2.45, 2.75) is 30.7 Å². The Morgan fingerprint density at radius 2 is 1.54 bits per heavy atom. The average molecular weight is 498 g/mol. The van der Waals surface area contributed by atoms with E-state index in [0.29, 0.717) is 12.1 Å². The van der Waals surface area contributed by atoms with E-state index in [1.54, 1.807) is 0 Å². The van der Waals surface area contributed by atoms with Gasteiger partial charge in [0.1, 0.15) is 6.04 Å². The number of alkyl halides is 3. The highest BCUT2D eigenvalue weighted by atomic mass is 19.4. The van der Waals surface area contributed by atoms with Crippen LogP contribution in [-0.2, 0) is 30.0 Å². The number of hydrogen-bond acceptors (Lipinski definition) is 8. The van der Waals surface area contributed by atoms with Gasteiger partial charge in [-0.2, -0.15) is 13.2 Å². The van der Waals surface area contributed by atoms with Gasteiger partial charge in [-0.25, -0.2) is 4.79 Å². The predicted octanol–water partition coefficient (Wildman–Crippen LogP) is 2.65. The van der Waals surface area contributed by atoms with Crippen molar-refractivity contribution in [2.75, 3.05) is 14.2 Å². The first kappa shape index (κ1) is 27.2. The maximum Gasteiger partial charge on any atom is 0.416 e. The van der Waals surface area contributed by atoms with Crippen LogP contribution in [0.3, 0.4) is 0 Å². The number of ether oxygens (including phenoxy) is 2. The highest BCUT2D eigenvalue weighted by Crippen LogP contribution is 2.31. The molecule has 0 aromatic heterocycles. The summed E-state index contributed by atoms with van der Waals surface area (Å²) in [6.45, 7) is 0. The van der Waals surface area contributed by atoms with E-state index in [9.17, 15) is 42.8 Å². The largest absolute Gasteiger partial charge is 0.469 e. The number of nitro benzene ring substituents is 1. The van der Waals surface area contributed by atoms with Crippen molar-refractivity contribution >= 4 is 23.5 Å². The SMILES string of the molecule is COC(=O)C[C@@H](c1ccc([N+](=O)[O-])cc1)[C@@H](NC(=O)[C@H](O)c1ccc(C(F)(F)F)cc1)C(=O)OC. The number of nitro groups is 1. The highest BCUT2D eigenvalue weighted by Gasteiger charge is 2.36. The van der Waals surface area contributed by atoms with Gasteiger partial charge >= 0.3 is 18.1 Å². The second-order valence-corrected chi connectivity index (χ2v) is 7.27. The lowest BCUT2D eigenvalue weighted by molar-refractivity contribution is -0.384. The Morgan fingerprint density at radius 3 is 2.00 bits per heavy atom. The minimum absolute atomic E-state index is 0.182. The molecule has 0 saturated carbocycles. The molecular weight excluding hydrogens is 477 g/mol. The van der Waals surface area contributed by atoms with Gasteiger partial charge in [0.15, 0.2) is 6.10 Å². The van der Waals surface area contributed by atoms with Crippen LogP contribution in [0.2, 0.25) is 0 Å². The van der Waals surface area contributed by atoms with Crippen LogP contribution in [0.15, 0.2) is 48.5 Å². The molecule has 2 rings (SSSR count). The summed E-state index contributed by atoms with van der Waals surface area (Å²) in [5.41, 5.74) is -1.20. The van der Waals surface area contributed by atoms with Crippen molar-refractivity contribution < 1.29 is 47.1 Å². The monoisotopic (exact) mass is 498 g/mol. The summed E-state index contributed by atoms with van der Waals surface area (Å²) in [7, 11) is 2.11. The van der Waals surface area contributed by atoms with E-state index < -0.39 is 59.0 Å². The molecule has 0 aliphatic heterocycles. The number of hydrogen-bond donors (Lipinski definition) is 2. The molecule has 2 N–H and O–H groups in total. The quantitative estimate of drug-likeness (QED) is 0.305. The van der Waals surface area contributed by atoms with E-state index in [-0.39, 0.29) is 16.8 Å². The number of carbonyl (C=O) groups excluding carboxylic acids is 3. The number of aliphatic hydroxyl groups is 1. The lowest BCUT2D eigenvalue weighted by Crippen LogP contribution is -2.47. The molecule has 13 heteroatoms. The molecule has 0 radical (unpaired) electrons. The lowest BCUT2D eigenvalue weighted by atomic mass is 9.88. The molecule has 0 aliphatic rings. The Labute approximate surface area is 196 Å². The molecule has 0 heterocycles. The van der Waals surface area contributed by atoms with Gasteiger partial charge in [0.25, 0.3) is 11.6 Å². The van der Waals surface area contributed by atoms with Crippen LogP contribution >= 0.6 is 0 Å². The summed E-state index contributed by atoms with van der Waals surface area (Å²) in [4.78, 5) is 47.5. The predicted molar refractivity (Wildman–Crippen MR) is 113 cm³/mol. The van der Waals surface area contributed by atoms with E-state index in [2.05, 4.69) is 10.1 Å². The van der Waals surface area contributed by atoms with E-state index in [1.165, 1.54) is 12.1 Å². The zero-order valence-corrected chi connectivity index (χ0v) is 18.4. The molecule has 2 aromatic rings. The van der Waals surface area contributed by atoms with Gasteiger partial charge in [0, 0.05) is 18.1 Å². The van der Waals surface area contributed by atoms with Crippen LogP contribution in [0.4, 0.5) is 18.9 Å². The number of rotatable bonds is 9. The normalized spacial score (nSPS) is 13.8. The fourth-order valence-electron chi connectivity index (χ4n) is 3.22. The molecule has 3 atom stereocenters. The van der Waals surface area contributed by atoms with Crippen molar-refractivity contribution in [2.24, 2.45) is 0 Å². The number of non-ortho nitro benzene ring substituents is 1. The summed E-state index contributed by atoms with van der Waals surface area (Å²) in [5.74, 6) is -4.07. The number of nitrogens with zero attached hydrogens (tertiary/aromatic N) is 1. The fourth-order valence-corrected chi connectivity index (χ4v) is 3.22. The minimum atomic E-state index is -4.62. The van der Waals surface area contributed by atoms with Crippen LogP contribution in [-0.4, -0.2) is 48.1 Å². The molecule has 188 valence electrons. The standard InChI is InChI=1S/C22H21F3N2O8/c1-34-17(28)11-16(12-5-9-15(10-6-12)27(32)33)18(21(31)35-2)26-20(30)19(29)13-3-7-14(8-4-13)22(23,24)25/h3-10,16,18-19,29H,11H2,1-2H3,(H,26,30)/t16-,18+,19+/m0/s1. The van der Waals surface area contributed by atoms with E-state index in [1.807, 2.05) is 0 Å². The Morgan fingerprint density at radius 1 is 1.00 bits per heavy atom. The van der Waals surface area contributed by atoms with Crippen molar-refractivity contribution in [3.8, 4) is 0 Å². The number of benzene rings is 2. The molecule has 0 unspecified atom stereocenters. The van der Waals surface area contributed by atoms with Gasteiger partial charge in [0.05, 0.1) is 31.1 Å². The van der Waals surface area contributed by atoms with Crippen molar-refractivity contribution in [3.63, 3.8) is 0 Å². The molecule has 2 aromatic carbocycles. The zero-order chi connectivity index (χ0) is 26.3. The summed E-state index contributed by atoms with van der Waals surface area (Å²) >= 11 is 0. The van der Waals surface area contributed by atoms with E-state index >= 15 is 0 Å².